The maximum atomic E-state index is 13.3. The van der Waals surface area contributed by atoms with Gasteiger partial charge in [0.05, 0.1) is 6.42 Å². The zero-order valence-electron chi connectivity index (χ0n) is 23.1. The molecule has 17 heteroatoms. The van der Waals surface area contributed by atoms with Gasteiger partial charge in [-0.3, -0.25) is 29.2 Å². The van der Waals surface area contributed by atoms with E-state index in [9.17, 15) is 29.1 Å². The van der Waals surface area contributed by atoms with Gasteiger partial charge in [-0.1, -0.05) is 24.3 Å². The third-order valence-corrected chi connectivity index (χ3v) is 6.11. The molecule has 42 heavy (non-hydrogen) atoms. The number of carboxylic acids is 1. The van der Waals surface area contributed by atoms with Crippen LogP contribution >= 0.6 is 12.6 Å². The smallest absolute Gasteiger partial charge is 0.327 e. The van der Waals surface area contributed by atoms with Crippen molar-refractivity contribution >= 4 is 54.6 Å². The standard InChI is InChI=1S/C25H40N10O6S/c26-24(27)31-9-1-3-17(33-20(37)11-15-5-7-16(8-6-15)12-30-14-36)21(38)34-18(4-2-10-32-25(28)29)22(39)35-19(13-42)23(40)41/h5-8,14,17-19,42H,1-4,9-13H2,(H,30,36)(H,33,37)(H,34,38)(H,35,39)(H,40,41)(H4,26,27,31)(H4,28,29,32). The van der Waals surface area contributed by atoms with Gasteiger partial charge in [0.25, 0.3) is 0 Å². The van der Waals surface area contributed by atoms with Gasteiger partial charge in [-0.2, -0.15) is 12.6 Å². The summed E-state index contributed by atoms with van der Waals surface area (Å²) in [5.74, 6) is -3.59. The molecule has 232 valence electrons. The van der Waals surface area contributed by atoms with Crippen LogP contribution in [0, 0.1) is 0 Å². The second-order valence-corrected chi connectivity index (χ2v) is 9.52. The fourth-order valence-corrected chi connectivity index (χ4v) is 3.89. The maximum Gasteiger partial charge on any atom is 0.327 e. The van der Waals surface area contributed by atoms with E-state index < -0.39 is 41.8 Å². The second kappa shape index (κ2) is 19.5. The van der Waals surface area contributed by atoms with Gasteiger partial charge in [0, 0.05) is 25.4 Å². The summed E-state index contributed by atoms with van der Waals surface area (Å²) >= 11 is 3.95. The number of nitrogens with zero attached hydrogens (tertiary/aromatic N) is 2. The minimum atomic E-state index is -1.29. The zero-order valence-corrected chi connectivity index (χ0v) is 24.0. The molecule has 0 bridgehead atoms. The van der Waals surface area contributed by atoms with Crippen molar-refractivity contribution in [2.24, 2.45) is 32.9 Å². The largest absolute Gasteiger partial charge is 0.480 e. The quantitative estimate of drug-likeness (QED) is 0.0236. The molecular weight excluding hydrogens is 568 g/mol. The van der Waals surface area contributed by atoms with Crippen LogP contribution in [0.2, 0.25) is 0 Å². The number of carboxylic acid groups (broad SMARTS) is 1. The molecule has 0 aliphatic heterocycles. The number of hydrogen-bond acceptors (Lipinski definition) is 8. The summed E-state index contributed by atoms with van der Waals surface area (Å²) in [5, 5.41) is 19.5. The molecular formula is C25H40N10O6S. The van der Waals surface area contributed by atoms with E-state index in [4.69, 9.17) is 22.9 Å². The highest BCUT2D eigenvalue weighted by Gasteiger charge is 2.29. The minimum absolute atomic E-state index is 0.0380. The topological polar surface area (TPSA) is 283 Å². The third kappa shape index (κ3) is 14.7. The van der Waals surface area contributed by atoms with Crippen LogP contribution < -0.4 is 44.2 Å². The van der Waals surface area contributed by atoms with Crippen LogP contribution in [0.3, 0.4) is 0 Å². The van der Waals surface area contributed by atoms with Crippen molar-refractivity contribution in [1.29, 1.82) is 0 Å². The highest BCUT2D eigenvalue weighted by atomic mass is 32.1. The van der Waals surface area contributed by atoms with E-state index >= 15 is 0 Å². The number of carbonyl (C=O) groups excluding carboxylic acids is 4. The van der Waals surface area contributed by atoms with Gasteiger partial charge in [0.15, 0.2) is 11.9 Å². The first-order valence-corrected chi connectivity index (χ1v) is 13.7. The number of hydrogen-bond donors (Lipinski definition) is 10. The summed E-state index contributed by atoms with van der Waals surface area (Å²) < 4.78 is 0. The minimum Gasteiger partial charge on any atom is -0.480 e. The Hall–Kier alpha value is -4.54. The van der Waals surface area contributed by atoms with Gasteiger partial charge in [-0.05, 0) is 36.8 Å². The summed E-state index contributed by atoms with van der Waals surface area (Å²) in [7, 11) is 0. The number of guanidine groups is 2. The van der Waals surface area contributed by atoms with Gasteiger partial charge < -0.3 is 49.3 Å². The molecule has 3 unspecified atom stereocenters. The number of amides is 4. The number of benzene rings is 1. The lowest BCUT2D eigenvalue weighted by atomic mass is 10.1. The van der Waals surface area contributed by atoms with Crippen LogP contribution in [0.1, 0.15) is 36.8 Å². The number of nitrogens with two attached hydrogens (primary N) is 4. The molecule has 16 nitrogen and oxygen atoms in total. The SMILES string of the molecule is NC(N)=NCCCC(NC(=O)Cc1ccc(CNC=O)cc1)C(=O)NC(CCCN=C(N)N)C(=O)NC(CS)C(=O)O. The summed E-state index contributed by atoms with van der Waals surface area (Å²) in [6.45, 7) is 0.707. The number of nitrogens with one attached hydrogen (secondary N) is 4. The molecule has 0 radical (unpaired) electrons. The Bertz CT molecular complexity index is 1110. The van der Waals surface area contributed by atoms with Gasteiger partial charge >= 0.3 is 5.97 Å². The van der Waals surface area contributed by atoms with Crippen LogP contribution in [0.25, 0.3) is 0 Å². The monoisotopic (exact) mass is 608 g/mol. The summed E-state index contributed by atoms with van der Waals surface area (Å²) in [6.07, 6.45) is 1.38. The number of aliphatic carboxylic acids is 1. The lowest BCUT2D eigenvalue weighted by Gasteiger charge is -2.24. The Balaban J connectivity index is 3.03. The average Bonchev–Trinajstić information content (AvgIpc) is 2.93. The lowest BCUT2D eigenvalue weighted by Crippen LogP contribution is -2.56. The first kappa shape index (κ1) is 35.5. The van der Waals surface area contributed by atoms with Gasteiger partial charge in [0.1, 0.15) is 18.1 Å². The molecule has 0 aliphatic rings. The molecule has 0 spiro atoms. The lowest BCUT2D eigenvalue weighted by molar-refractivity contribution is -0.141. The molecule has 0 heterocycles. The van der Waals surface area contributed by atoms with E-state index in [1.807, 2.05) is 0 Å². The molecule has 13 N–H and O–H groups in total. The van der Waals surface area contributed by atoms with E-state index in [0.717, 1.165) is 5.56 Å². The maximum absolute atomic E-state index is 13.3. The van der Waals surface area contributed by atoms with Gasteiger partial charge in [-0.25, -0.2) is 4.79 Å². The molecule has 4 amide bonds. The summed E-state index contributed by atoms with van der Waals surface area (Å²) in [5.41, 5.74) is 22.9. The molecule has 0 aliphatic carbocycles. The first-order valence-electron chi connectivity index (χ1n) is 13.1. The van der Waals surface area contributed by atoms with Crippen LogP contribution in [0.5, 0.6) is 0 Å². The molecule has 0 saturated heterocycles. The predicted octanol–water partition coefficient (Wildman–Crippen LogP) is -2.95. The van der Waals surface area contributed by atoms with E-state index in [-0.39, 0.29) is 56.4 Å². The van der Waals surface area contributed by atoms with Crippen LogP contribution in [-0.2, 0) is 36.9 Å². The van der Waals surface area contributed by atoms with Crippen LogP contribution in [-0.4, -0.2) is 84.1 Å². The van der Waals surface area contributed by atoms with Gasteiger partial charge in [0.2, 0.25) is 24.1 Å². The average molecular weight is 609 g/mol. The Labute approximate surface area is 248 Å². The van der Waals surface area contributed by atoms with Crippen LogP contribution in [0.4, 0.5) is 0 Å². The molecule has 3 atom stereocenters. The molecule has 0 fully saturated rings. The fourth-order valence-electron chi connectivity index (χ4n) is 3.64. The van der Waals surface area contributed by atoms with E-state index in [1.54, 1.807) is 24.3 Å². The first-order chi connectivity index (χ1) is 20.0. The molecule has 1 aromatic carbocycles. The van der Waals surface area contributed by atoms with Crippen molar-refractivity contribution in [3.8, 4) is 0 Å². The van der Waals surface area contributed by atoms with Crippen molar-refractivity contribution < 1.29 is 29.1 Å². The Kier molecular flexibility index (Phi) is 16.5. The number of carbonyl (C=O) groups is 5. The molecule has 0 saturated carbocycles. The van der Waals surface area contributed by atoms with Crippen molar-refractivity contribution in [3.05, 3.63) is 35.4 Å². The highest BCUT2D eigenvalue weighted by molar-refractivity contribution is 7.80. The van der Waals surface area contributed by atoms with E-state index in [2.05, 4.69) is 43.9 Å². The van der Waals surface area contributed by atoms with Crippen molar-refractivity contribution in [3.63, 3.8) is 0 Å². The second-order valence-electron chi connectivity index (χ2n) is 9.15. The molecule has 1 rings (SSSR count). The van der Waals surface area contributed by atoms with E-state index in [1.165, 1.54) is 0 Å². The van der Waals surface area contributed by atoms with Crippen molar-refractivity contribution in [2.45, 2.75) is 56.8 Å². The fraction of sp³-hybridized carbons (Fsp3) is 0.480. The van der Waals surface area contributed by atoms with E-state index in [0.29, 0.717) is 24.9 Å². The van der Waals surface area contributed by atoms with Crippen molar-refractivity contribution in [2.75, 3.05) is 18.8 Å². The number of thiol groups is 1. The Morgan fingerprint density at radius 3 is 1.74 bits per heavy atom. The summed E-state index contributed by atoms with van der Waals surface area (Å²) in [4.78, 5) is 68.7. The number of aliphatic imine (C=N–C) groups is 2. The number of rotatable bonds is 20. The zero-order chi connectivity index (χ0) is 31.5. The molecule has 1 aromatic rings. The highest BCUT2D eigenvalue weighted by Crippen LogP contribution is 2.08. The normalized spacial score (nSPS) is 12.5. The molecule has 0 aromatic heterocycles. The third-order valence-electron chi connectivity index (χ3n) is 5.75. The predicted molar refractivity (Wildman–Crippen MR) is 160 cm³/mol. The van der Waals surface area contributed by atoms with Crippen molar-refractivity contribution in [1.82, 2.24) is 21.3 Å². The Morgan fingerprint density at radius 1 is 0.810 bits per heavy atom. The van der Waals surface area contributed by atoms with Crippen LogP contribution in [0.15, 0.2) is 34.3 Å². The summed E-state index contributed by atoms with van der Waals surface area (Å²) in [6, 6.07) is 3.49. The van der Waals surface area contributed by atoms with Gasteiger partial charge in [-0.15, -0.1) is 0 Å². The Morgan fingerprint density at radius 2 is 1.29 bits per heavy atom.